The average molecular weight is 221 g/mol. The number of hydrogen-bond acceptors (Lipinski definition) is 4. The summed E-state index contributed by atoms with van der Waals surface area (Å²) in [7, 11) is 0. The molecule has 1 aliphatic heterocycles. The largest absolute Gasteiger partial charge is 0.472 e. The molecule has 2 rings (SSSR count). The van der Waals surface area contributed by atoms with Gasteiger partial charge in [-0.15, -0.1) is 0 Å². The molecule has 0 spiro atoms. The molecule has 1 atom stereocenters. The second-order valence-electron chi connectivity index (χ2n) is 3.58. The number of pyridine rings is 1. The van der Waals surface area contributed by atoms with Gasteiger partial charge in [-0.3, -0.25) is 4.79 Å². The fourth-order valence-electron chi connectivity index (χ4n) is 1.49. The summed E-state index contributed by atoms with van der Waals surface area (Å²) in [5, 5.41) is 0. The minimum atomic E-state index is -0.486. The lowest BCUT2D eigenvalue weighted by atomic mass is 10.2. The van der Waals surface area contributed by atoms with Crippen LogP contribution >= 0.6 is 0 Å². The SMILES string of the molecule is NC(=O)[CH]c1ccc(O[C@H]2CCOC2)nc1. The summed E-state index contributed by atoms with van der Waals surface area (Å²) in [6.07, 6.45) is 3.83. The molecule has 1 aliphatic rings. The minimum Gasteiger partial charge on any atom is -0.472 e. The highest BCUT2D eigenvalue weighted by Crippen LogP contribution is 2.15. The van der Waals surface area contributed by atoms with Gasteiger partial charge in [-0.25, -0.2) is 4.98 Å². The Morgan fingerprint density at radius 3 is 3.06 bits per heavy atom. The fourth-order valence-corrected chi connectivity index (χ4v) is 1.49. The number of nitrogens with two attached hydrogens (primary N) is 1. The predicted molar refractivity (Wildman–Crippen MR) is 56.7 cm³/mol. The molecule has 16 heavy (non-hydrogen) atoms. The maximum Gasteiger partial charge on any atom is 0.226 e. The molecule has 1 fully saturated rings. The first-order valence-corrected chi connectivity index (χ1v) is 5.08. The molecular weight excluding hydrogens is 208 g/mol. The van der Waals surface area contributed by atoms with Crippen molar-refractivity contribution in [1.29, 1.82) is 0 Å². The topological polar surface area (TPSA) is 74.4 Å². The van der Waals surface area contributed by atoms with Crippen molar-refractivity contribution in [3.8, 4) is 5.88 Å². The maximum atomic E-state index is 10.6. The van der Waals surface area contributed by atoms with Gasteiger partial charge >= 0.3 is 0 Å². The van der Waals surface area contributed by atoms with Gasteiger partial charge in [0.05, 0.1) is 19.6 Å². The van der Waals surface area contributed by atoms with Gasteiger partial charge in [0, 0.05) is 18.7 Å². The lowest BCUT2D eigenvalue weighted by Crippen LogP contribution is -2.16. The van der Waals surface area contributed by atoms with Crippen LogP contribution in [0.4, 0.5) is 0 Å². The Hall–Kier alpha value is -1.62. The average Bonchev–Trinajstić information content (AvgIpc) is 2.73. The van der Waals surface area contributed by atoms with E-state index in [1.807, 2.05) is 0 Å². The van der Waals surface area contributed by atoms with Gasteiger partial charge in [0.1, 0.15) is 6.10 Å². The molecule has 0 saturated carbocycles. The normalized spacial score (nSPS) is 19.6. The van der Waals surface area contributed by atoms with Gasteiger partial charge in [0.15, 0.2) is 0 Å². The molecule has 5 heteroatoms. The van der Waals surface area contributed by atoms with E-state index in [0.717, 1.165) is 13.0 Å². The number of rotatable bonds is 4. The zero-order valence-corrected chi connectivity index (χ0v) is 8.76. The van der Waals surface area contributed by atoms with Crippen LogP contribution in [0.5, 0.6) is 5.88 Å². The van der Waals surface area contributed by atoms with E-state index >= 15 is 0 Å². The summed E-state index contributed by atoms with van der Waals surface area (Å²) in [5.41, 5.74) is 5.69. The molecule has 0 unspecified atom stereocenters. The third-order valence-corrected chi connectivity index (χ3v) is 2.24. The van der Waals surface area contributed by atoms with Crippen molar-refractivity contribution in [2.24, 2.45) is 5.73 Å². The van der Waals surface area contributed by atoms with Crippen LogP contribution in [0, 0.1) is 6.42 Å². The maximum absolute atomic E-state index is 10.6. The van der Waals surface area contributed by atoms with Gasteiger partial charge < -0.3 is 15.2 Å². The molecule has 0 bridgehead atoms. The van der Waals surface area contributed by atoms with Crippen LogP contribution in [0.1, 0.15) is 12.0 Å². The van der Waals surface area contributed by atoms with E-state index in [1.54, 1.807) is 18.3 Å². The van der Waals surface area contributed by atoms with Crippen LogP contribution in [-0.4, -0.2) is 30.2 Å². The van der Waals surface area contributed by atoms with Crippen LogP contribution in [0.25, 0.3) is 0 Å². The van der Waals surface area contributed by atoms with Gasteiger partial charge in [-0.2, -0.15) is 0 Å². The van der Waals surface area contributed by atoms with Gasteiger partial charge in [-0.1, -0.05) is 6.07 Å². The minimum absolute atomic E-state index is 0.0819. The van der Waals surface area contributed by atoms with E-state index in [0.29, 0.717) is 18.1 Å². The van der Waals surface area contributed by atoms with Crippen molar-refractivity contribution in [3.63, 3.8) is 0 Å². The molecule has 0 aromatic carbocycles. The van der Waals surface area contributed by atoms with Gasteiger partial charge in [0.25, 0.3) is 0 Å². The fraction of sp³-hybridized carbons (Fsp3) is 0.364. The number of ether oxygens (including phenoxy) is 2. The number of nitrogens with zero attached hydrogens (tertiary/aromatic N) is 1. The van der Waals surface area contributed by atoms with Crippen molar-refractivity contribution >= 4 is 5.91 Å². The molecule has 85 valence electrons. The van der Waals surface area contributed by atoms with Crippen molar-refractivity contribution in [3.05, 3.63) is 30.3 Å². The predicted octanol–water partition coefficient (Wildman–Crippen LogP) is 0.287. The third-order valence-electron chi connectivity index (χ3n) is 2.24. The highest BCUT2D eigenvalue weighted by Gasteiger charge is 2.17. The van der Waals surface area contributed by atoms with Crippen LogP contribution < -0.4 is 10.5 Å². The van der Waals surface area contributed by atoms with Crippen LogP contribution in [0.3, 0.4) is 0 Å². The number of carbonyl (C=O) groups excluding carboxylic acids is 1. The van der Waals surface area contributed by atoms with Crippen molar-refractivity contribution in [2.45, 2.75) is 12.5 Å². The molecule has 5 nitrogen and oxygen atoms in total. The molecule has 2 heterocycles. The van der Waals surface area contributed by atoms with Gasteiger partial charge in [-0.05, 0) is 5.56 Å². The number of primary amides is 1. The van der Waals surface area contributed by atoms with Crippen molar-refractivity contribution < 1.29 is 14.3 Å². The Bertz CT molecular complexity index is 358. The lowest BCUT2D eigenvalue weighted by Gasteiger charge is -2.10. The first kappa shape index (κ1) is 10.9. The Labute approximate surface area is 93.6 Å². The van der Waals surface area contributed by atoms with E-state index in [2.05, 4.69) is 4.98 Å². The molecule has 1 radical (unpaired) electrons. The van der Waals surface area contributed by atoms with E-state index in [1.165, 1.54) is 6.42 Å². The first-order chi connectivity index (χ1) is 7.74. The summed E-state index contributed by atoms with van der Waals surface area (Å²) < 4.78 is 10.8. The Morgan fingerprint density at radius 1 is 1.62 bits per heavy atom. The van der Waals surface area contributed by atoms with E-state index in [4.69, 9.17) is 15.2 Å². The van der Waals surface area contributed by atoms with Crippen LogP contribution in [0.2, 0.25) is 0 Å². The zero-order chi connectivity index (χ0) is 11.4. The van der Waals surface area contributed by atoms with E-state index < -0.39 is 5.91 Å². The second-order valence-corrected chi connectivity index (χ2v) is 3.58. The number of aromatic nitrogens is 1. The molecule has 2 N–H and O–H groups in total. The Balaban J connectivity index is 1.93. The third kappa shape index (κ3) is 2.93. The molecule has 1 aromatic rings. The first-order valence-electron chi connectivity index (χ1n) is 5.08. The number of carbonyl (C=O) groups is 1. The van der Waals surface area contributed by atoms with Crippen LogP contribution in [-0.2, 0) is 9.53 Å². The summed E-state index contributed by atoms with van der Waals surface area (Å²) in [5.74, 6) is 0.0526. The van der Waals surface area contributed by atoms with E-state index in [-0.39, 0.29) is 6.10 Å². The summed E-state index contributed by atoms with van der Waals surface area (Å²) in [6.45, 7) is 1.34. The smallest absolute Gasteiger partial charge is 0.226 e. The Morgan fingerprint density at radius 2 is 2.50 bits per heavy atom. The van der Waals surface area contributed by atoms with E-state index in [9.17, 15) is 4.79 Å². The quantitative estimate of drug-likeness (QED) is 0.792. The van der Waals surface area contributed by atoms with Crippen molar-refractivity contribution in [1.82, 2.24) is 4.98 Å². The molecule has 0 aliphatic carbocycles. The summed E-state index contributed by atoms with van der Waals surface area (Å²) >= 11 is 0. The zero-order valence-electron chi connectivity index (χ0n) is 8.76. The number of hydrogen-bond donors (Lipinski definition) is 1. The number of amides is 1. The molecular formula is C11H13N2O3. The standard InChI is InChI=1S/C11H13N2O3/c12-10(14)5-8-1-2-11(13-6-8)16-9-3-4-15-7-9/h1-2,5-6,9H,3-4,7H2,(H2,12,14)/t9-/m0/s1. The lowest BCUT2D eigenvalue weighted by molar-refractivity contribution is -0.114. The Kier molecular flexibility index (Phi) is 3.36. The monoisotopic (exact) mass is 221 g/mol. The summed E-state index contributed by atoms with van der Waals surface area (Å²) in [6, 6.07) is 3.45. The molecule has 1 aromatic heterocycles. The highest BCUT2D eigenvalue weighted by molar-refractivity contribution is 5.86. The molecule has 1 saturated heterocycles. The van der Waals surface area contributed by atoms with Crippen molar-refractivity contribution in [2.75, 3.05) is 13.2 Å². The summed E-state index contributed by atoms with van der Waals surface area (Å²) in [4.78, 5) is 14.7. The second kappa shape index (κ2) is 4.94. The highest BCUT2D eigenvalue weighted by atomic mass is 16.5. The van der Waals surface area contributed by atoms with Gasteiger partial charge in [0.2, 0.25) is 11.8 Å². The van der Waals surface area contributed by atoms with Crippen LogP contribution in [0.15, 0.2) is 18.3 Å². The molecule has 1 amide bonds.